The van der Waals surface area contributed by atoms with E-state index in [2.05, 4.69) is 36.3 Å². The largest absolute Gasteiger partial charge is 0.404 e. The highest BCUT2D eigenvalue weighted by Gasteiger charge is 2.21. The van der Waals surface area contributed by atoms with Crippen LogP contribution in [0.1, 0.15) is 18.4 Å². The zero-order valence-electron chi connectivity index (χ0n) is 10.5. The van der Waals surface area contributed by atoms with Crippen LogP contribution in [0.3, 0.4) is 0 Å². The number of nitrogens with zero attached hydrogens (tertiary/aromatic N) is 4. The van der Waals surface area contributed by atoms with E-state index >= 15 is 0 Å². The fourth-order valence-electron chi connectivity index (χ4n) is 1.68. The smallest absolute Gasteiger partial charge is 0.342 e. The standard InChI is InChI=1S/C12H14BrN5O/c1-18-7-16-12(17-18)19-11-8(4-9(13)6-15-11)5-14-10-2-3-10/h4,6-7,10,14H,2-3,5H2,1H3. The molecule has 2 aromatic heterocycles. The first-order valence-corrected chi connectivity index (χ1v) is 6.91. The average Bonchev–Trinajstić information content (AvgIpc) is 3.13. The summed E-state index contributed by atoms with van der Waals surface area (Å²) in [6.45, 7) is 0.735. The Morgan fingerprint density at radius 2 is 2.32 bits per heavy atom. The molecule has 7 heteroatoms. The molecule has 0 amide bonds. The Hall–Kier alpha value is -1.47. The number of ether oxygens (including phenoxy) is 1. The van der Waals surface area contributed by atoms with Crippen LogP contribution in [-0.4, -0.2) is 25.8 Å². The summed E-state index contributed by atoms with van der Waals surface area (Å²) in [4.78, 5) is 8.32. The molecule has 6 nitrogen and oxygen atoms in total. The first kappa shape index (κ1) is 12.6. The van der Waals surface area contributed by atoms with Crippen molar-refractivity contribution in [3.05, 3.63) is 28.6 Å². The molecule has 2 aromatic rings. The number of hydrogen-bond acceptors (Lipinski definition) is 5. The molecule has 0 aliphatic heterocycles. The number of aryl methyl sites for hydroxylation is 1. The lowest BCUT2D eigenvalue weighted by Crippen LogP contribution is -2.16. The molecule has 1 aliphatic rings. The van der Waals surface area contributed by atoms with Crippen molar-refractivity contribution in [3.63, 3.8) is 0 Å². The molecule has 0 aromatic carbocycles. The third-order valence-electron chi connectivity index (χ3n) is 2.82. The van der Waals surface area contributed by atoms with E-state index in [1.165, 1.54) is 12.8 Å². The lowest BCUT2D eigenvalue weighted by Gasteiger charge is -2.08. The van der Waals surface area contributed by atoms with E-state index in [0.29, 0.717) is 17.9 Å². The second kappa shape index (κ2) is 5.26. The van der Waals surface area contributed by atoms with Gasteiger partial charge in [0.15, 0.2) is 0 Å². The Bertz CT molecular complexity index is 581. The molecule has 3 rings (SSSR count). The maximum atomic E-state index is 5.62. The Kier molecular flexibility index (Phi) is 3.48. The molecule has 0 radical (unpaired) electrons. The Balaban J connectivity index is 1.77. The van der Waals surface area contributed by atoms with Gasteiger partial charge in [-0.25, -0.2) is 4.98 Å². The topological polar surface area (TPSA) is 64.9 Å². The lowest BCUT2D eigenvalue weighted by molar-refractivity contribution is 0.414. The van der Waals surface area contributed by atoms with Crippen molar-refractivity contribution in [3.8, 4) is 11.9 Å². The van der Waals surface area contributed by atoms with Gasteiger partial charge in [-0.1, -0.05) is 0 Å². The van der Waals surface area contributed by atoms with E-state index in [-0.39, 0.29) is 0 Å². The van der Waals surface area contributed by atoms with Gasteiger partial charge < -0.3 is 10.1 Å². The van der Waals surface area contributed by atoms with E-state index in [0.717, 1.165) is 16.6 Å². The van der Waals surface area contributed by atoms with Crippen molar-refractivity contribution in [1.29, 1.82) is 0 Å². The zero-order valence-corrected chi connectivity index (χ0v) is 12.1. The number of pyridine rings is 1. The van der Waals surface area contributed by atoms with Crippen LogP contribution in [0.25, 0.3) is 0 Å². The van der Waals surface area contributed by atoms with Crippen LogP contribution in [0.4, 0.5) is 0 Å². The van der Waals surface area contributed by atoms with Gasteiger partial charge in [-0.2, -0.15) is 4.98 Å². The highest BCUT2D eigenvalue weighted by Crippen LogP contribution is 2.25. The summed E-state index contributed by atoms with van der Waals surface area (Å²) in [5, 5.41) is 7.53. The second-order valence-electron chi connectivity index (χ2n) is 4.58. The fourth-order valence-corrected chi connectivity index (χ4v) is 2.06. The summed E-state index contributed by atoms with van der Waals surface area (Å²) in [7, 11) is 1.80. The van der Waals surface area contributed by atoms with Gasteiger partial charge >= 0.3 is 6.01 Å². The third-order valence-corrected chi connectivity index (χ3v) is 3.25. The average molecular weight is 324 g/mol. The van der Waals surface area contributed by atoms with E-state index < -0.39 is 0 Å². The van der Waals surface area contributed by atoms with Crippen molar-refractivity contribution in [1.82, 2.24) is 25.1 Å². The predicted octanol–water partition coefficient (Wildman–Crippen LogP) is 2.02. The molecule has 2 heterocycles. The van der Waals surface area contributed by atoms with Crippen molar-refractivity contribution < 1.29 is 4.74 Å². The molecule has 1 N–H and O–H groups in total. The van der Waals surface area contributed by atoms with Crippen LogP contribution in [0, 0.1) is 0 Å². The van der Waals surface area contributed by atoms with E-state index in [4.69, 9.17) is 4.74 Å². The van der Waals surface area contributed by atoms with Crippen LogP contribution < -0.4 is 10.1 Å². The fraction of sp³-hybridized carbons (Fsp3) is 0.417. The van der Waals surface area contributed by atoms with Gasteiger partial charge in [-0.15, -0.1) is 5.10 Å². The molecule has 0 spiro atoms. The highest BCUT2D eigenvalue weighted by molar-refractivity contribution is 9.10. The van der Waals surface area contributed by atoms with E-state index in [1.54, 1.807) is 24.3 Å². The van der Waals surface area contributed by atoms with Crippen LogP contribution in [0.15, 0.2) is 23.1 Å². The summed E-state index contributed by atoms with van der Waals surface area (Å²) in [5.41, 5.74) is 0.994. The summed E-state index contributed by atoms with van der Waals surface area (Å²) < 4.78 is 8.15. The summed E-state index contributed by atoms with van der Waals surface area (Å²) in [6, 6.07) is 2.95. The third kappa shape index (κ3) is 3.30. The van der Waals surface area contributed by atoms with Crippen molar-refractivity contribution >= 4 is 15.9 Å². The van der Waals surface area contributed by atoms with Crippen LogP contribution >= 0.6 is 15.9 Å². The first-order chi connectivity index (χ1) is 9.20. The maximum absolute atomic E-state index is 5.62. The molecule has 0 atom stereocenters. The number of aromatic nitrogens is 4. The summed E-state index contributed by atoms with van der Waals surface area (Å²) in [6.07, 6.45) is 5.80. The second-order valence-corrected chi connectivity index (χ2v) is 5.49. The molecule has 1 saturated carbocycles. The predicted molar refractivity (Wildman–Crippen MR) is 72.9 cm³/mol. The lowest BCUT2D eigenvalue weighted by atomic mass is 10.2. The van der Waals surface area contributed by atoms with E-state index in [1.807, 2.05) is 6.07 Å². The van der Waals surface area contributed by atoms with Crippen molar-refractivity contribution in [2.45, 2.75) is 25.4 Å². The first-order valence-electron chi connectivity index (χ1n) is 6.12. The highest BCUT2D eigenvalue weighted by atomic mass is 79.9. The van der Waals surface area contributed by atoms with E-state index in [9.17, 15) is 0 Å². The van der Waals surface area contributed by atoms with Gasteiger partial charge in [0.05, 0.1) is 0 Å². The Morgan fingerprint density at radius 3 is 3.00 bits per heavy atom. The minimum atomic E-state index is 0.310. The van der Waals surface area contributed by atoms with Crippen LogP contribution in [0.5, 0.6) is 11.9 Å². The van der Waals surface area contributed by atoms with Crippen LogP contribution in [0.2, 0.25) is 0 Å². The molecule has 100 valence electrons. The molecule has 0 unspecified atom stereocenters. The van der Waals surface area contributed by atoms with Gasteiger partial charge in [0, 0.05) is 35.9 Å². The minimum absolute atomic E-state index is 0.310. The van der Waals surface area contributed by atoms with Crippen molar-refractivity contribution in [2.75, 3.05) is 0 Å². The Morgan fingerprint density at radius 1 is 1.47 bits per heavy atom. The molecule has 1 fully saturated rings. The number of hydrogen-bond donors (Lipinski definition) is 1. The SMILES string of the molecule is Cn1cnc(Oc2ncc(Br)cc2CNC2CC2)n1. The number of nitrogens with one attached hydrogen (secondary N) is 1. The summed E-state index contributed by atoms with van der Waals surface area (Å²) in [5.74, 6) is 0.544. The van der Waals surface area contributed by atoms with Gasteiger partial charge in [-0.05, 0) is 34.8 Å². The number of rotatable bonds is 5. The maximum Gasteiger partial charge on any atom is 0.342 e. The summed E-state index contributed by atoms with van der Waals surface area (Å²) >= 11 is 3.43. The van der Waals surface area contributed by atoms with Gasteiger partial charge in [-0.3, -0.25) is 4.68 Å². The molecule has 0 saturated heterocycles. The normalized spacial score (nSPS) is 14.6. The van der Waals surface area contributed by atoms with Gasteiger partial charge in [0.2, 0.25) is 5.88 Å². The molecular formula is C12H14BrN5O. The Labute approximate surface area is 119 Å². The van der Waals surface area contributed by atoms with Gasteiger partial charge in [0.25, 0.3) is 0 Å². The van der Waals surface area contributed by atoms with Gasteiger partial charge in [0.1, 0.15) is 6.33 Å². The quantitative estimate of drug-likeness (QED) is 0.911. The molecule has 19 heavy (non-hydrogen) atoms. The number of halogens is 1. The molecular weight excluding hydrogens is 310 g/mol. The van der Waals surface area contributed by atoms with Crippen LogP contribution in [-0.2, 0) is 13.6 Å². The zero-order chi connectivity index (χ0) is 13.2. The monoisotopic (exact) mass is 323 g/mol. The molecule has 1 aliphatic carbocycles. The van der Waals surface area contributed by atoms with Crippen molar-refractivity contribution in [2.24, 2.45) is 7.05 Å². The minimum Gasteiger partial charge on any atom is -0.404 e. The molecule has 0 bridgehead atoms.